The summed E-state index contributed by atoms with van der Waals surface area (Å²) in [6, 6.07) is 12.1. The molecule has 2 aromatic heterocycles. The molecule has 90 valence electrons. The Bertz CT molecular complexity index is 703. The van der Waals surface area contributed by atoms with Crippen LogP contribution in [0, 0.1) is 0 Å². The number of benzene rings is 1. The molecule has 18 heavy (non-hydrogen) atoms. The van der Waals surface area contributed by atoms with Gasteiger partial charge in [-0.1, -0.05) is 28.1 Å². The minimum atomic E-state index is 0.755. The van der Waals surface area contributed by atoms with Gasteiger partial charge in [0.05, 0.1) is 17.4 Å². The molecule has 1 aromatic carbocycles. The zero-order valence-electron chi connectivity index (χ0n) is 9.68. The largest absolute Gasteiger partial charge is 0.397 e. The van der Waals surface area contributed by atoms with Crippen LogP contribution >= 0.6 is 15.9 Å². The number of hydrogen-bond acceptors (Lipinski definition) is 2. The highest BCUT2D eigenvalue weighted by atomic mass is 79.9. The average Bonchev–Trinajstić information content (AvgIpc) is 2.74. The summed E-state index contributed by atoms with van der Waals surface area (Å²) in [7, 11) is 0. The molecule has 0 radical (unpaired) electrons. The SMILES string of the molecule is Nc1cccn2c(Cc3cccc(Br)c3)ncc12. The first-order valence-corrected chi connectivity index (χ1v) is 6.48. The van der Waals surface area contributed by atoms with Crippen molar-refractivity contribution in [2.24, 2.45) is 0 Å². The third kappa shape index (κ3) is 1.99. The smallest absolute Gasteiger partial charge is 0.117 e. The van der Waals surface area contributed by atoms with Crippen LogP contribution < -0.4 is 5.73 Å². The molecule has 0 saturated carbocycles. The molecule has 0 aliphatic rings. The molecule has 2 heterocycles. The third-order valence-electron chi connectivity index (χ3n) is 2.93. The normalized spacial score (nSPS) is 10.9. The van der Waals surface area contributed by atoms with Crippen molar-refractivity contribution in [1.82, 2.24) is 9.38 Å². The fourth-order valence-corrected chi connectivity index (χ4v) is 2.50. The lowest BCUT2D eigenvalue weighted by Gasteiger charge is -2.03. The highest BCUT2D eigenvalue weighted by Crippen LogP contribution is 2.18. The van der Waals surface area contributed by atoms with Crippen LogP contribution in [0.2, 0.25) is 0 Å². The topological polar surface area (TPSA) is 43.3 Å². The van der Waals surface area contributed by atoms with Crippen LogP contribution in [0.4, 0.5) is 5.69 Å². The molecule has 2 N–H and O–H groups in total. The van der Waals surface area contributed by atoms with E-state index >= 15 is 0 Å². The number of nitrogens with two attached hydrogens (primary N) is 1. The van der Waals surface area contributed by atoms with Crippen molar-refractivity contribution in [1.29, 1.82) is 0 Å². The monoisotopic (exact) mass is 301 g/mol. The van der Waals surface area contributed by atoms with Gasteiger partial charge in [-0.3, -0.25) is 0 Å². The lowest BCUT2D eigenvalue weighted by atomic mass is 10.1. The Hall–Kier alpha value is -1.81. The summed E-state index contributed by atoms with van der Waals surface area (Å²) in [5.41, 5.74) is 8.86. The number of anilines is 1. The summed E-state index contributed by atoms with van der Waals surface area (Å²) in [6.07, 6.45) is 4.60. The molecule has 0 aliphatic carbocycles. The van der Waals surface area contributed by atoms with Crippen LogP contribution in [0.3, 0.4) is 0 Å². The number of aromatic nitrogens is 2. The Morgan fingerprint density at radius 3 is 2.94 bits per heavy atom. The molecule has 0 amide bonds. The Morgan fingerprint density at radius 2 is 2.11 bits per heavy atom. The van der Waals surface area contributed by atoms with E-state index in [1.807, 2.05) is 41.1 Å². The Morgan fingerprint density at radius 1 is 1.22 bits per heavy atom. The van der Waals surface area contributed by atoms with E-state index in [-0.39, 0.29) is 0 Å². The van der Waals surface area contributed by atoms with Crippen LogP contribution in [0.5, 0.6) is 0 Å². The van der Waals surface area contributed by atoms with Crippen molar-refractivity contribution in [2.45, 2.75) is 6.42 Å². The molecule has 0 atom stereocenters. The number of fused-ring (bicyclic) bond motifs is 1. The van der Waals surface area contributed by atoms with Crippen LogP contribution in [0.15, 0.2) is 53.3 Å². The summed E-state index contributed by atoms with van der Waals surface area (Å²) in [6.45, 7) is 0. The predicted octanol–water partition coefficient (Wildman–Crippen LogP) is 3.27. The lowest BCUT2D eigenvalue weighted by Crippen LogP contribution is -1.97. The minimum Gasteiger partial charge on any atom is -0.397 e. The molecule has 3 rings (SSSR count). The molecule has 0 unspecified atom stereocenters. The molecular formula is C14H12BrN3. The molecule has 4 heteroatoms. The van der Waals surface area contributed by atoms with Crippen molar-refractivity contribution in [3.05, 3.63) is 64.7 Å². The van der Waals surface area contributed by atoms with Crippen LogP contribution in [-0.4, -0.2) is 9.38 Å². The number of imidazole rings is 1. The Balaban J connectivity index is 2.03. The predicted molar refractivity (Wildman–Crippen MR) is 76.6 cm³/mol. The summed E-state index contributed by atoms with van der Waals surface area (Å²) in [4.78, 5) is 4.45. The van der Waals surface area contributed by atoms with E-state index in [4.69, 9.17) is 5.73 Å². The van der Waals surface area contributed by atoms with Crippen LogP contribution in [-0.2, 0) is 6.42 Å². The first kappa shape index (κ1) is 11.3. The molecule has 0 spiro atoms. The van der Waals surface area contributed by atoms with E-state index in [1.54, 1.807) is 0 Å². The third-order valence-corrected chi connectivity index (χ3v) is 3.42. The molecule has 0 bridgehead atoms. The quantitative estimate of drug-likeness (QED) is 0.789. The van der Waals surface area contributed by atoms with Gasteiger partial charge >= 0.3 is 0 Å². The lowest BCUT2D eigenvalue weighted by molar-refractivity contribution is 0.961. The fraction of sp³-hybridized carbons (Fsp3) is 0.0714. The zero-order valence-corrected chi connectivity index (χ0v) is 11.3. The number of nitrogen functional groups attached to an aromatic ring is 1. The summed E-state index contributed by atoms with van der Waals surface area (Å²) in [5, 5.41) is 0. The van der Waals surface area contributed by atoms with Gasteiger partial charge < -0.3 is 10.1 Å². The highest BCUT2D eigenvalue weighted by Gasteiger charge is 2.06. The number of nitrogens with zero attached hydrogens (tertiary/aromatic N) is 2. The van der Waals surface area contributed by atoms with Crippen LogP contribution in [0.25, 0.3) is 5.52 Å². The highest BCUT2D eigenvalue weighted by molar-refractivity contribution is 9.10. The summed E-state index contributed by atoms with van der Waals surface area (Å²) >= 11 is 3.48. The van der Waals surface area contributed by atoms with E-state index in [0.29, 0.717) is 0 Å². The summed E-state index contributed by atoms with van der Waals surface area (Å²) in [5.74, 6) is 0.996. The van der Waals surface area contributed by atoms with Gasteiger partial charge in [-0.25, -0.2) is 4.98 Å². The molecule has 0 aliphatic heterocycles. The first-order valence-electron chi connectivity index (χ1n) is 5.69. The van der Waals surface area contributed by atoms with Gasteiger partial charge in [-0.2, -0.15) is 0 Å². The maximum atomic E-state index is 5.92. The number of halogens is 1. The van der Waals surface area contributed by atoms with E-state index in [2.05, 4.69) is 33.0 Å². The zero-order chi connectivity index (χ0) is 12.5. The van der Waals surface area contributed by atoms with Gasteiger partial charge in [-0.15, -0.1) is 0 Å². The summed E-state index contributed by atoms with van der Waals surface area (Å²) < 4.78 is 3.12. The fourth-order valence-electron chi connectivity index (χ4n) is 2.06. The Kier molecular flexibility index (Phi) is 2.80. The molecule has 3 nitrogen and oxygen atoms in total. The van der Waals surface area contributed by atoms with E-state index in [0.717, 1.165) is 27.9 Å². The van der Waals surface area contributed by atoms with Gasteiger partial charge in [0.2, 0.25) is 0 Å². The first-order chi connectivity index (χ1) is 8.74. The van der Waals surface area contributed by atoms with Gasteiger partial charge in [-0.05, 0) is 29.8 Å². The van der Waals surface area contributed by atoms with Crippen molar-refractivity contribution in [2.75, 3.05) is 5.73 Å². The van der Waals surface area contributed by atoms with E-state index in [9.17, 15) is 0 Å². The maximum Gasteiger partial charge on any atom is 0.117 e. The second kappa shape index (κ2) is 4.46. The number of rotatable bonds is 2. The van der Waals surface area contributed by atoms with Gasteiger partial charge in [0.25, 0.3) is 0 Å². The molecule has 3 aromatic rings. The molecule has 0 saturated heterocycles. The van der Waals surface area contributed by atoms with Gasteiger partial charge in [0.15, 0.2) is 0 Å². The van der Waals surface area contributed by atoms with Crippen molar-refractivity contribution in [3.63, 3.8) is 0 Å². The molecular weight excluding hydrogens is 290 g/mol. The molecule has 0 fully saturated rings. The standard InChI is InChI=1S/C14H12BrN3/c15-11-4-1-3-10(7-11)8-14-17-9-13-12(16)5-2-6-18(13)14/h1-7,9H,8,16H2. The number of pyridine rings is 1. The minimum absolute atomic E-state index is 0.755. The number of hydrogen-bond donors (Lipinski definition) is 1. The second-order valence-corrected chi connectivity index (χ2v) is 5.12. The van der Waals surface area contributed by atoms with E-state index < -0.39 is 0 Å². The van der Waals surface area contributed by atoms with Crippen molar-refractivity contribution in [3.8, 4) is 0 Å². The average molecular weight is 302 g/mol. The Labute approximate surface area is 113 Å². The van der Waals surface area contributed by atoms with Gasteiger partial charge in [0, 0.05) is 17.1 Å². The van der Waals surface area contributed by atoms with Crippen molar-refractivity contribution >= 4 is 27.1 Å². The van der Waals surface area contributed by atoms with E-state index in [1.165, 1.54) is 5.56 Å². The maximum absolute atomic E-state index is 5.92. The van der Waals surface area contributed by atoms with Crippen LogP contribution in [0.1, 0.15) is 11.4 Å². The van der Waals surface area contributed by atoms with Gasteiger partial charge in [0.1, 0.15) is 5.82 Å². The van der Waals surface area contributed by atoms with Crippen molar-refractivity contribution < 1.29 is 0 Å². The second-order valence-electron chi connectivity index (χ2n) is 4.20.